The van der Waals surface area contributed by atoms with Gasteiger partial charge in [-0.05, 0) is 109 Å². The number of fused-ring (bicyclic) bond motifs is 1. The Morgan fingerprint density at radius 3 is 2.55 bits per heavy atom. The molecule has 1 saturated heterocycles. The lowest BCUT2D eigenvalue weighted by Gasteiger charge is -2.37. The van der Waals surface area contributed by atoms with Crippen molar-refractivity contribution in [2.24, 2.45) is 5.41 Å². The molecule has 1 atom stereocenters. The highest BCUT2D eigenvalue weighted by Gasteiger charge is 2.26. The molecule has 5 heteroatoms. The smallest absolute Gasteiger partial charge is 0.120 e. The molecule has 0 bridgehead atoms. The highest BCUT2D eigenvalue weighted by Crippen LogP contribution is 2.40. The summed E-state index contributed by atoms with van der Waals surface area (Å²) in [6.07, 6.45) is 5.66. The van der Waals surface area contributed by atoms with Crippen molar-refractivity contribution in [3.63, 3.8) is 0 Å². The predicted octanol–water partition coefficient (Wildman–Crippen LogP) is 7.20. The standard InChI is InChI=1S/C35H46N2O3/c1-5-37(24-26-7-13-31(14-8-26)40-20-19-36-18-6-17-35(2,3)25-36)34-23-32(39-4)15-16-33(34)29-10-9-28-22-30(38)12-11-27(28)21-29/h7-8,11-16,22-23,29,38H,5-6,9-10,17-21,24-25H2,1-4H3/t29-/m0/s1. The zero-order valence-electron chi connectivity index (χ0n) is 24.8. The molecule has 1 heterocycles. The van der Waals surface area contributed by atoms with Gasteiger partial charge in [-0.1, -0.05) is 38.1 Å². The summed E-state index contributed by atoms with van der Waals surface area (Å²) in [6.45, 7) is 12.8. The number of anilines is 1. The molecule has 0 aromatic heterocycles. The van der Waals surface area contributed by atoms with Crippen molar-refractivity contribution in [1.29, 1.82) is 0 Å². The van der Waals surface area contributed by atoms with Crippen molar-refractivity contribution >= 4 is 5.69 Å². The number of aryl methyl sites for hydroxylation is 1. The van der Waals surface area contributed by atoms with Crippen LogP contribution < -0.4 is 14.4 Å². The molecule has 40 heavy (non-hydrogen) atoms. The Bertz CT molecular complexity index is 1270. The van der Waals surface area contributed by atoms with Crippen LogP contribution in [-0.4, -0.2) is 49.9 Å². The summed E-state index contributed by atoms with van der Waals surface area (Å²) in [5, 5.41) is 9.92. The molecule has 5 nitrogen and oxygen atoms in total. The number of phenolic OH excluding ortho intramolecular Hbond substituents is 1. The Balaban J connectivity index is 1.25. The Morgan fingerprint density at radius 1 is 1.00 bits per heavy atom. The minimum Gasteiger partial charge on any atom is -0.508 e. The van der Waals surface area contributed by atoms with Gasteiger partial charge in [0, 0.05) is 37.9 Å². The Kier molecular flexibility index (Phi) is 8.90. The number of likely N-dealkylation sites (tertiary alicyclic amines) is 1. The molecule has 0 spiro atoms. The molecule has 1 N–H and O–H groups in total. The van der Waals surface area contributed by atoms with E-state index < -0.39 is 0 Å². The number of benzene rings is 3. The number of phenols is 1. The maximum Gasteiger partial charge on any atom is 0.120 e. The number of ether oxygens (including phenoxy) is 2. The summed E-state index contributed by atoms with van der Waals surface area (Å²) < 4.78 is 11.8. The van der Waals surface area contributed by atoms with Crippen LogP contribution in [-0.2, 0) is 19.4 Å². The highest BCUT2D eigenvalue weighted by atomic mass is 16.5. The van der Waals surface area contributed by atoms with E-state index in [2.05, 4.69) is 79.1 Å². The first-order valence-electron chi connectivity index (χ1n) is 15.0. The predicted molar refractivity (Wildman–Crippen MR) is 164 cm³/mol. The van der Waals surface area contributed by atoms with Crippen LogP contribution in [0.5, 0.6) is 17.2 Å². The number of rotatable bonds is 10. The van der Waals surface area contributed by atoms with Crippen LogP contribution in [0.3, 0.4) is 0 Å². The summed E-state index contributed by atoms with van der Waals surface area (Å²) in [5.74, 6) is 2.63. The lowest BCUT2D eigenvalue weighted by Crippen LogP contribution is -2.41. The van der Waals surface area contributed by atoms with Gasteiger partial charge in [0.05, 0.1) is 7.11 Å². The Morgan fingerprint density at radius 2 is 1.80 bits per heavy atom. The minimum atomic E-state index is 0.363. The van der Waals surface area contributed by atoms with E-state index in [1.54, 1.807) is 7.11 Å². The Hall–Kier alpha value is -3.18. The summed E-state index contributed by atoms with van der Waals surface area (Å²) >= 11 is 0. The van der Waals surface area contributed by atoms with E-state index in [-0.39, 0.29) is 0 Å². The third-order valence-electron chi connectivity index (χ3n) is 8.77. The molecule has 1 aliphatic heterocycles. The van der Waals surface area contributed by atoms with E-state index in [0.717, 1.165) is 63.5 Å². The largest absolute Gasteiger partial charge is 0.508 e. The normalized spacial score (nSPS) is 18.6. The molecule has 214 valence electrons. The SMILES string of the molecule is CCN(Cc1ccc(OCCN2CCCC(C)(C)C2)cc1)c1cc(OC)ccc1[C@H]1CCc2cc(O)ccc2C1. The van der Waals surface area contributed by atoms with Crippen LogP contribution in [0.1, 0.15) is 68.2 Å². The van der Waals surface area contributed by atoms with Gasteiger partial charge in [0.2, 0.25) is 0 Å². The third kappa shape index (κ3) is 6.93. The van der Waals surface area contributed by atoms with Gasteiger partial charge >= 0.3 is 0 Å². The number of methoxy groups -OCH3 is 1. The molecular weight excluding hydrogens is 496 g/mol. The monoisotopic (exact) mass is 542 g/mol. The molecule has 2 aliphatic rings. The van der Waals surface area contributed by atoms with Gasteiger partial charge in [0.15, 0.2) is 0 Å². The van der Waals surface area contributed by atoms with Gasteiger partial charge in [0.25, 0.3) is 0 Å². The van der Waals surface area contributed by atoms with Crippen LogP contribution in [0.15, 0.2) is 60.7 Å². The van der Waals surface area contributed by atoms with E-state index in [1.807, 2.05) is 12.1 Å². The van der Waals surface area contributed by atoms with E-state index in [9.17, 15) is 5.11 Å². The number of nitrogens with zero attached hydrogens (tertiary/aromatic N) is 2. The van der Waals surface area contributed by atoms with Crippen molar-refractivity contribution < 1.29 is 14.6 Å². The van der Waals surface area contributed by atoms with Crippen LogP contribution in [0, 0.1) is 5.41 Å². The first-order chi connectivity index (χ1) is 19.3. The quantitative estimate of drug-likeness (QED) is 0.294. The van der Waals surface area contributed by atoms with E-state index in [4.69, 9.17) is 9.47 Å². The summed E-state index contributed by atoms with van der Waals surface area (Å²) in [4.78, 5) is 5.00. The maximum atomic E-state index is 9.92. The topological polar surface area (TPSA) is 45.2 Å². The fourth-order valence-electron chi connectivity index (χ4n) is 6.58. The van der Waals surface area contributed by atoms with Gasteiger partial charge in [0.1, 0.15) is 23.9 Å². The van der Waals surface area contributed by atoms with Crippen LogP contribution >= 0.6 is 0 Å². The van der Waals surface area contributed by atoms with Gasteiger partial charge < -0.3 is 19.5 Å². The zero-order chi connectivity index (χ0) is 28.1. The maximum absolute atomic E-state index is 9.92. The summed E-state index contributed by atoms with van der Waals surface area (Å²) in [5.41, 5.74) is 6.93. The average molecular weight is 543 g/mol. The number of piperidine rings is 1. The van der Waals surface area contributed by atoms with Crippen molar-refractivity contribution in [3.8, 4) is 17.2 Å². The minimum absolute atomic E-state index is 0.363. The molecule has 3 aromatic carbocycles. The van der Waals surface area contributed by atoms with Gasteiger partial charge in [-0.3, -0.25) is 4.90 Å². The van der Waals surface area contributed by atoms with Crippen molar-refractivity contribution in [1.82, 2.24) is 4.90 Å². The first kappa shape index (κ1) is 28.4. The molecule has 1 fully saturated rings. The van der Waals surface area contributed by atoms with Crippen LogP contribution in [0.25, 0.3) is 0 Å². The molecule has 5 rings (SSSR count). The molecule has 0 saturated carbocycles. The molecule has 0 radical (unpaired) electrons. The van der Waals surface area contributed by atoms with E-state index in [1.165, 1.54) is 47.3 Å². The molecule has 0 unspecified atom stereocenters. The number of hydrogen-bond acceptors (Lipinski definition) is 5. The van der Waals surface area contributed by atoms with Crippen LogP contribution in [0.2, 0.25) is 0 Å². The fraction of sp³-hybridized carbons (Fsp3) is 0.486. The first-order valence-corrected chi connectivity index (χ1v) is 15.0. The zero-order valence-corrected chi connectivity index (χ0v) is 24.8. The highest BCUT2D eigenvalue weighted by molar-refractivity contribution is 5.60. The molecule has 0 amide bonds. The van der Waals surface area contributed by atoms with Crippen molar-refractivity contribution in [3.05, 3.63) is 82.9 Å². The van der Waals surface area contributed by atoms with E-state index in [0.29, 0.717) is 17.1 Å². The summed E-state index contributed by atoms with van der Waals surface area (Å²) in [6, 6.07) is 21.0. The van der Waals surface area contributed by atoms with Crippen LogP contribution in [0.4, 0.5) is 5.69 Å². The Labute approximate surface area is 240 Å². The molecule has 3 aromatic rings. The fourth-order valence-corrected chi connectivity index (χ4v) is 6.58. The van der Waals surface area contributed by atoms with Crippen molar-refractivity contribution in [2.75, 3.05) is 44.8 Å². The van der Waals surface area contributed by atoms with Gasteiger partial charge in [-0.15, -0.1) is 0 Å². The number of hydrogen-bond donors (Lipinski definition) is 1. The van der Waals surface area contributed by atoms with Crippen molar-refractivity contribution in [2.45, 2.75) is 65.3 Å². The van der Waals surface area contributed by atoms with E-state index >= 15 is 0 Å². The molecule has 1 aliphatic carbocycles. The average Bonchev–Trinajstić information content (AvgIpc) is 2.95. The second kappa shape index (κ2) is 12.6. The summed E-state index contributed by atoms with van der Waals surface area (Å²) in [7, 11) is 1.74. The number of aromatic hydroxyl groups is 1. The lowest BCUT2D eigenvalue weighted by atomic mass is 9.79. The van der Waals surface area contributed by atoms with Gasteiger partial charge in [-0.25, -0.2) is 0 Å². The second-order valence-electron chi connectivity index (χ2n) is 12.4. The molecular formula is C35H46N2O3. The lowest BCUT2D eigenvalue weighted by molar-refractivity contribution is 0.102. The van der Waals surface area contributed by atoms with Gasteiger partial charge in [-0.2, -0.15) is 0 Å². The second-order valence-corrected chi connectivity index (χ2v) is 12.4. The third-order valence-corrected chi connectivity index (χ3v) is 8.77.